The van der Waals surface area contributed by atoms with Crippen molar-refractivity contribution in [3.63, 3.8) is 0 Å². The molecule has 32 heavy (non-hydrogen) atoms. The van der Waals surface area contributed by atoms with E-state index in [-0.39, 0.29) is 0 Å². The fourth-order valence-corrected chi connectivity index (χ4v) is 11.3. The molecule has 0 saturated heterocycles. The van der Waals surface area contributed by atoms with E-state index in [0.29, 0.717) is 0 Å². The maximum absolute atomic E-state index is 2.42. The van der Waals surface area contributed by atoms with E-state index >= 15 is 0 Å². The summed E-state index contributed by atoms with van der Waals surface area (Å²) in [6.07, 6.45) is 40.8. The third-order valence-electron chi connectivity index (χ3n) is 7.99. The Bertz CT molecular complexity index is 292. The fraction of sp³-hybridized carbons (Fsp3) is 1.00. The topological polar surface area (TPSA) is 0 Å². The minimum atomic E-state index is -1.04. The summed E-state index contributed by atoms with van der Waals surface area (Å²) in [6.45, 7) is 9.43. The molecular weight excluding hydrogens is 403 g/mol. The van der Waals surface area contributed by atoms with Gasteiger partial charge in [0.2, 0.25) is 0 Å². The van der Waals surface area contributed by atoms with Crippen LogP contribution in [0.4, 0.5) is 0 Å². The molecule has 0 aliphatic carbocycles. The van der Waals surface area contributed by atoms with Crippen LogP contribution in [0.25, 0.3) is 0 Å². The van der Waals surface area contributed by atoms with Gasteiger partial charge in [0.1, 0.15) is 0 Å². The summed E-state index contributed by atoms with van der Waals surface area (Å²) >= 11 is 0. The van der Waals surface area contributed by atoms with Gasteiger partial charge < -0.3 is 0 Å². The molecule has 0 bridgehead atoms. The van der Waals surface area contributed by atoms with Gasteiger partial charge in [-0.3, -0.25) is 0 Å². The van der Waals surface area contributed by atoms with Crippen LogP contribution in [0.5, 0.6) is 0 Å². The van der Waals surface area contributed by atoms with Gasteiger partial charge in [0.25, 0.3) is 0 Å². The quantitative estimate of drug-likeness (QED) is 0.0826. The van der Waals surface area contributed by atoms with E-state index in [0.717, 1.165) is 0 Å². The molecule has 0 radical (unpaired) electrons. The zero-order valence-electron chi connectivity index (χ0n) is 23.6. The first-order valence-electron chi connectivity index (χ1n) is 15.7. The fourth-order valence-electron chi connectivity index (χ4n) is 5.67. The van der Waals surface area contributed by atoms with Crippen molar-refractivity contribution in [3.8, 4) is 0 Å². The monoisotopic (exact) mass is 470 g/mol. The van der Waals surface area contributed by atoms with Crippen molar-refractivity contribution in [3.05, 3.63) is 0 Å². The van der Waals surface area contributed by atoms with Crippen molar-refractivity contribution in [2.45, 2.75) is 175 Å². The summed E-state index contributed by atoms with van der Waals surface area (Å²) in [5.41, 5.74) is 0. The Hall–Kier alpha value is 0.430. The zero-order valence-corrected chi connectivity index (χ0v) is 24.6. The van der Waals surface area contributed by atoms with E-state index in [2.05, 4.69) is 27.7 Å². The molecule has 0 atom stereocenters. The van der Waals surface area contributed by atoms with Crippen LogP contribution in [0.2, 0.25) is 0 Å². The van der Waals surface area contributed by atoms with Crippen molar-refractivity contribution in [1.82, 2.24) is 0 Å². The standard InChI is InChI=1S/C31H67P/c1-5-9-13-16-19-22-25-29-32(28-12-8-4,30-26-23-20-17-14-10-6-2)31-27-24-21-18-15-11-7-3/h32H,5-31H2,1-4H3. The third-order valence-corrected chi connectivity index (χ3v) is 13.6. The molecule has 0 saturated carbocycles. The summed E-state index contributed by atoms with van der Waals surface area (Å²) < 4.78 is 0. The van der Waals surface area contributed by atoms with Crippen LogP contribution >= 0.6 is 7.26 Å². The molecular formula is C31H67P. The molecule has 0 aliphatic rings. The molecule has 0 fully saturated rings. The van der Waals surface area contributed by atoms with Gasteiger partial charge in [-0.25, -0.2) is 0 Å². The first kappa shape index (κ1) is 32.4. The average Bonchev–Trinajstić information content (AvgIpc) is 2.81. The van der Waals surface area contributed by atoms with Crippen LogP contribution in [-0.4, -0.2) is 24.6 Å². The van der Waals surface area contributed by atoms with Gasteiger partial charge in [0.05, 0.1) is 0 Å². The molecule has 0 unspecified atom stereocenters. The number of hydrogen-bond donors (Lipinski definition) is 0. The Morgan fingerprint density at radius 3 is 0.750 bits per heavy atom. The van der Waals surface area contributed by atoms with Crippen LogP contribution in [0.3, 0.4) is 0 Å². The Morgan fingerprint density at radius 1 is 0.250 bits per heavy atom. The second kappa shape index (κ2) is 26.0. The molecule has 0 N–H and O–H groups in total. The molecule has 196 valence electrons. The van der Waals surface area contributed by atoms with E-state index in [9.17, 15) is 0 Å². The summed E-state index contributed by atoms with van der Waals surface area (Å²) in [7, 11) is -1.04. The molecule has 0 heterocycles. The Labute approximate surface area is 207 Å². The van der Waals surface area contributed by atoms with Crippen molar-refractivity contribution in [2.24, 2.45) is 0 Å². The molecule has 0 aliphatic heterocycles. The summed E-state index contributed by atoms with van der Waals surface area (Å²) in [4.78, 5) is 0. The van der Waals surface area contributed by atoms with Gasteiger partial charge in [-0.1, -0.05) is 0 Å². The first-order chi connectivity index (χ1) is 15.7. The summed E-state index contributed by atoms with van der Waals surface area (Å²) in [6, 6.07) is 0. The Kier molecular flexibility index (Phi) is 26.4. The Balaban J connectivity index is 4.51. The van der Waals surface area contributed by atoms with Crippen molar-refractivity contribution in [1.29, 1.82) is 0 Å². The van der Waals surface area contributed by atoms with E-state index in [1.165, 1.54) is 128 Å². The molecule has 0 nitrogen and oxygen atoms in total. The molecule has 0 amide bonds. The number of hydrogen-bond acceptors (Lipinski definition) is 0. The average molecular weight is 471 g/mol. The SMILES string of the molecule is CCCCCCCCC[PH](CCCC)(CCCCCCCCC)CCCCCCCCC. The summed E-state index contributed by atoms with van der Waals surface area (Å²) in [5, 5.41) is 0. The number of unbranched alkanes of at least 4 members (excludes halogenated alkanes) is 19. The van der Waals surface area contributed by atoms with Gasteiger partial charge in [0, 0.05) is 0 Å². The van der Waals surface area contributed by atoms with Crippen LogP contribution < -0.4 is 0 Å². The normalized spacial score (nSPS) is 12.5. The van der Waals surface area contributed by atoms with Crippen LogP contribution in [0.15, 0.2) is 0 Å². The van der Waals surface area contributed by atoms with Gasteiger partial charge in [-0.15, -0.1) is 0 Å². The van der Waals surface area contributed by atoms with Crippen LogP contribution in [-0.2, 0) is 0 Å². The predicted octanol–water partition coefficient (Wildman–Crippen LogP) is 11.8. The van der Waals surface area contributed by atoms with Gasteiger partial charge >= 0.3 is 207 Å². The van der Waals surface area contributed by atoms with Crippen molar-refractivity contribution < 1.29 is 0 Å². The van der Waals surface area contributed by atoms with Crippen molar-refractivity contribution >= 4 is 7.26 Å². The maximum atomic E-state index is 2.42. The molecule has 0 rings (SSSR count). The first-order valence-corrected chi connectivity index (χ1v) is 18.6. The van der Waals surface area contributed by atoms with E-state index in [1.807, 2.05) is 0 Å². The molecule has 0 aromatic carbocycles. The predicted molar refractivity (Wildman–Crippen MR) is 157 cm³/mol. The van der Waals surface area contributed by atoms with Gasteiger partial charge in [-0.2, -0.15) is 0 Å². The second-order valence-electron chi connectivity index (χ2n) is 11.2. The van der Waals surface area contributed by atoms with Crippen LogP contribution in [0, 0.1) is 0 Å². The molecule has 0 aromatic heterocycles. The molecule has 1 heteroatoms. The van der Waals surface area contributed by atoms with E-state index < -0.39 is 7.26 Å². The second-order valence-corrected chi connectivity index (χ2v) is 16.2. The zero-order chi connectivity index (χ0) is 23.6. The summed E-state index contributed by atoms with van der Waals surface area (Å²) in [5.74, 6) is 0. The van der Waals surface area contributed by atoms with E-state index in [1.54, 1.807) is 43.9 Å². The van der Waals surface area contributed by atoms with Gasteiger partial charge in [0.15, 0.2) is 0 Å². The molecule has 0 spiro atoms. The molecule has 0 aromatic rings. The van der Waals surface area contributed by atoms with E-state index in [4.69, 9.17) is 0 Å². The van der Waals surface area contributed by atoms with Crippen LogP contribution in [0.1, 0.15) is 175 Å². The Morgan fingerprint density at radius 2 is 0.469 bits per heavy atom. The minimum absolute atomic E-state index is 1.04. The van der Waals surface area contributed by atoms with Crippen molar-refractivity contribution in [2.75, 3.05) is 24.6 Å². The van der Waals surface area contributed by atoms with Gasteiger partial charge in [-0.05, 0) is 0 Å². The number of rotatable bonds is 27. The third kappa shape index (κ3) is 21.0.